The second-order valence-electron chi connectivity index (χ2n) is 6.15. The lowest BCUT2D eigenvalue weighted by atomic mass is 9.97. The number of hydrogen-bond donors (Lipinski definition) is 1. The summed E-state index contributed by atoms with van der Waals surface area (Å²) in [6.45, 7) is 7.77. The van der Waals surface area contributed by atoms with E-state index in [1.54, 1.807) is 0 Å². The van der Waals surface area contributed by atoms with Gasteiger partial charge in [0.2, 0.25) is 0 Å². The number of carbonyl (C=O) groups is 1. The first kappa shape index (κ1) is 13.5. The normalized spacial score (nSPS) is 20.3. The maximum atomic E-state index is 12.0. The molecule has 0 amide bonds. The predicted molar refractivity (Wildman–Crippen MR) is 65.0 cm³/mol. The van der Waals surface area contributed by atoms with E-state index in [1.165, 1.54) is 0 Å². The number of nitrogens with two attached hydrogens (primary N) is 1. The van der Waals surface area contributed by atoms with Gasteiger partial charge < -0.3 is 10.5 Å². The summed E-state index contributed by atoms with van der Waals surface area (Å²) in [5.74, 6) is -0.00956. The van der Waals surface area contributed by atoms with E-state index in [-0.39, 0.29) is 23.0 Å². The first-order chi connectivity index (χ1) is 7.25. The molecule has 3 nitrogen and oxygen atoms in total. The van der Waals surface area contributed by atoms with Gasteiger partial charge in [-0.1, -0.05) is 6.42 Å². The largest absolute Gasteiger partial charge is 0.460 e. The number of carbonyl (C=O) groups excluding carboxylic acids is 1. The first-order valence-corrected chi connectivity index (χ1v) is 6.24. The van der Waals surface area contributed by atoms with Crippen LogP contribution in [0, 0.1) is 5.41 Å². The molecule has 2 N–H and O–H groups in total. The molecule has 0 aromatic rings. The van der Waals surface area contributed by atoms with Crippen molar-refractivity contribution >= 4 is 5.97 Å². The van der Waals surface area contributed by atoms with Crippen LogP contribution in [0.2, 0.25) is 0 Å². The summed E-state index contributed by atoms with van der Waals surface area (Å²) in [4.78, 5) is 12.0. The van der Waals surface area contributed by atoms with Crippen molar-refractivity contribution in [2.45, 2.75) is 71.4 Å². The SMILES string of the molecule is CC(N)CCCC1(C(=O)OC(C)(C)C)CC1. The van der Waals surface area contributed by atoms with Gasteiger partial charge in [0.25, 0.3) is 0 Å². The van der Waals surface area contributed by atoms with Gasteiger partial charge in [-0.3, -0.25) is 4.79 Å². The molecule has 1 aliphatic carbocycles. The lowest BCUT2D eigenvalue weighted by Gasteiger charge is -2.23. The third kappa shape index (κ3) is 4.12. The summed E-state index contributed by atoms with van der Waals surface area (Å²) in [5, 5.41) is 0. The molecule has 1 aliphatic rings. The standard InChI is InChI=1S/C13H25NO2/c1-10(14)6-5-7-13(8-9-13)11(15)16-12(2,3)4/h10H,5-9,14H2,1-4H3. The molecule has 1 saturated carbocycles. The minimum atomic E-state index is -0.367. The Morgan fingerprint density at radius 1 is 1.44 bits per heavy atom. The molecule has 1 fully saturated rings. The number of ether oxygens (including phenoxy) is 1. The Balaban J connectivity index is 2.37. The van der Waals surface area contributed by atoms with E-state index in [4.69, 9.17) is 10.5 Å². The Labute approximate surface area is 98.7 Å². The van der Waals surface area contributed by atoms with Crippen LogP contribution in [-0.4, -0.2) is 17.6 Å². The van der Waals surface area contributed by atoms with E-state index in [9.17, 15) is 4.79 Å². The smallest absolute Gasteiger partial charge is 0.312 e. The van der Waals surface area contributed by atoms with Crippen LogP contribution in [-0.2, 0) is 9.53 Å². The van der Waals surface area contributed by atoms with Gasteiger partial charge in [0.05, 0.1) is 5.41 Å². The lowest BCUT2D eigenvalue weighted by molar-refractivity contribution is -0.162. The molecule has 0 aromatic carbocycles. The van der Waals surface area contributed by atoms with E-state index in [0.717, 1.165) is 32.1 Å². The van der Waals surface area contributed by atoms with Gasteiger partial charge in [-0.25, -0.2) is 0 Å². The molecule has 0 heterocycles. The number of rotatable bonds is 5. The molecular weight excluding hydrogens is 202 g/mol. The zero-order valence-corrected chi connectivity index (χ0v) is 11.0. The third-order valence-corrected chi connectivity index (χ3v) is 3.00. The fourth-order valence-corrected chi connectivity index (χ4v) is 1.86. The first-order valence-electron chi connectivity index (χ1n) is 6.24. The van der Waals surface area contributed by atoms with Crippen molar-refractivity contribution in [3.8, 4) is 0 Å². The zero-order valence-electron chi connectivity index (χ0n) is 11.0. The summed E-state index contributed by atoms with van der Waals surface area (Å²) >= 11 is 0. The Morgan fingerprint density at radius 2 is 2.00 bits per heavy atom. The quantitative estimate of drug-likeness (QED) is 0.735. The van der Waals surface area contributed by atoms with E-state index in [2.05, 4.69) is 0 Å². The molecule has 0 aromatic heterocycles. The van der Waals surface area contributed by atoms with Crippen molar-refractivity contribution < 1.29 is 9.53 Å². The van der Waals surface area contributed by atoms with Gasteiger partial charge in [0, 0.05) is 6.04 Å². The van der Waals surface area contributed by atoms with Crippen molar-refractivity contribution in [2.75, 3.05) is 0 Å². The molecule has 16 heavy (non-hydrogen) atoms. The van der Waals surface area contributed by atoms with Gasteiger partial charge in [-0.05, 0) is 53.4 Å². The van der Waals surface area contributed by atoms with E-state index < -0.39 is 0 Å². The Kier molecular flexibility index (Phi) is 4.00. The second kappa shape index (κ2) is 4.74. The molecule has 1 atom stereocenters. The van der Waals surface area contributed by atoms with Crippen LogP contribution in [0.5, 0.6) is 0 Å². The van der Waals surface area contributed by atoms with Crippen molar-refractivity contribution in [1.29, 1.82) is 0 Å². The van der Waals surface area contributed by atoms with Gasteiger partial charge >= 0.3 is 5.97 Å². The average Bonchev–Trinajstić information content (AvgIpc) is 2.81. The highest BCUT2D eigenvalue weighted by Gasteiger charge is 2.51. The highest BCUT2D eigenvalue weighted by molar-refractivity contribution is 5.80. The summed E-state index contributed by atoms with van der Waals surface area (Å²) in [7, 11) is 0. The molecule has 0 saturated heterocycles. The summed E-state index contributed by atoms with van der Waals surface area (Å²) in [5.41, 5.74) is 5.17. The van der Waals surface area contributed by atoms with Crippen molar-refractivity contribution in [2.24, 2.45) is 11.1 Å². The molecule has 0 radical (unpaired) electrons. The van der Waals surface area contributed by atoms with Crippen LogP contribution in [0.25, 0.3) is 0 Å². The average molecular weight is 227 g/mol. The third-order valence-electron chi connectivity index (χ3n) is 3.00. The Morgan fingerprint density at radius 3 is 2.38 bits per heavy atom. The molecule has 0 bridgehead atoms. The summed E-state index contributed by atoms with van der Waals surface area (Å²) in [6.07, 6.45) is 4.92. The molecule has 1 unspecified atom stereocenters. The fraction of sp³-hybridized carbons (Fsp3) is 0.923. The molecule has 0 aliphatic heterocycles. The van der Waals surface area contributed by atoms with Crippen LogP contribution in [0.15, 0.2) is 0 Å². The summed E-state index contributed by atoms with van der Waals surface area (Å²) in [6, 6.07) is 0.231. The van der Waals surface area contributed by atoms with E-state index in [1.807, 2.05) is 27.7 Å². The van der Waals surface area contributed by atoms with Gasteiger partial charge in [0.15, 0.2) is 0 Å². The van der Waals surface area contributed by atoms with Crippen LogP contribution in [0.1, 0.15) is 59.8 Å². The molecule has 3 heteroatoms. The number of hydrogen-bond acceptors (Lipinski definition) is 3. The monoisotopic (exact) mass is 227 g/mol. The maximum Gasteiger partial charge on any atom is 0.312 e. The van der Waals surface area contributed by atoms with E-state index in [0.29, 0.717) is 0 Å². The second-order valence-corrected chi connectivity index (χ2v) is 6.15. The lowest BCUT2D eigenvalue weighted by Crippen LogP contribution is -2.30. The molecule has 94 valence electrons. The number of esters is 1. The Bertz CT molecular complexity index is 249. The van der Waals surface area contributed by atoms with Gasteiger partial charge in [0.1, 0.15) is 5.60 Å². The van der Waals surface area contributed by atoms with Crippen molar-refractivity contribution in [3.05, 3.63) is 0 Å². The molecular formula is C13H25NO2. The fourth-order valence-electron chi connectivity index (χ4n) is 1.86. The highest BCUT2D eigenvalue weighted by Crippen LogP contribution is 2.51. The zero-order chi connectivity index (χ0) is 12.4. The minimum absolute atomic E-state index is 0.00956. The Hall–Kier alpha value is -0.570. The minimum Gasteiger partial charge on any atom is -0.460 e. The molecule has 0 spiro atoms. The van der Waals surface area contributed by atoms with Crippen LogP contribution >= 0.6 is 0 Å². The van der Waals surface area contributed by atoms with Crippen LogP contribution < -0.4 is 5.73 Å². The summed E-state index contributed by atoms with van der Waals surface area (Å²) < 4.78 is 5.45. The topological polar surface area (TPSA) is 52.3 Å². The van der Waals surface area contributed by atoms with Crippen molar-refractivity contribution in [3.63, 3.8) is 0 Å². The van der Waals surface area contributed by atoms with Crippen molar-refractivity contribution in [1.82, 2.24) is 0 Å². The maximum absolute atomic E-state index is 12.0. The van der Waals surface area contributed by atoms with Gasteiger partial charge in [-0.15, -0.1) is 0 Å². The van der Waals surface area contributed by atoms with Crippen LogP contribution in [0.3, 0.4) is 0 Å². The van der Waals surface area contributed by atoms with Crippen LogP contribution in [0.4, 0.5) is 0 Å². The highest BCUT2D eigenvalue weighted by atomic mass is 16.6. The van der Waals surface area contributed by atoms with Gasteiger partial charge in [-0.2, -0.15) is 0 Å². The molecule has 1 rings (SSSR count). The van der Waals surface area contributed by atoms with E-state index >= 15 is 0 Å². The predicted octanol–water partition coefficient (Wildman–Crippen LogP) is 2.63.